The molecule has 2 heterocycles. The number of aromatic nitrogens is 3. The van der Waals surface area contributed by atoms with E-state index in [1.807, 2.05) is 6.92 Å². The Labute approximate surface area is 124 Å². The summed E-state index contributed by atoms with van der Waals surface area (Å²) in [4.78, 5) is 18.0. The fourth-order valence-electron chi connectivity index (χ4n) is 2.40. The number of aryl methyl sites for hydroxylation is 2. The Bertz CT molecular complexity index is 665. The van der Waals surface area contributed by atoms with Gasteiger partial charge in [-0.15, -0.1) is 11.3 Å². The van der Waals surface area contributed by atoms with Gasteiger partial charge in [0, 0.05) is 4.88 Å². The zero-order valence-electron chi connectivity index (χ0n) is 10.9. The van der Waals surface area contributed by atoms with Gasteiger partial charge in [-0.25, -0.2) is 4.98 Å². The predicted molar refractivity (Wildman–Crippen MR) is 78.0 cm³/mol. The normalized spacial score (nSPS) is 17.8. The smallest absolute Gasteiger partial charge is 0.271 e. The minimum atomic E-state index is -0.303. The Morgan fingerprint density at radius 3 is 3.10 bits per heavy atom. The van der Waals surface area contributed by atoms with Crippen molar-refractivity contribution in [3.63, 3.8) is 0 Å². The molecule has 6 nitrogen and oxygen atoms in total. The summed E-state index contributed by atoms with van der Waals surface area (Å²) < 4.78 is 0. The van der Waals surface area contributed by atoms with E-state index in [1.165, 1.54) is 4.88 Å². The van der Waals surface area contributed by atoms with Crippen LogP contribution in [-0.4, -0.2) is 21.1 Å². The van der Waals surface area contributed by atoms with Crippen LogP contribution < -0.4 is 11.1 Å². The van der Waals surface area contributed by atoms with Crippen molar-refractivity contribution in [2.75, 3.05) is 5.73 Å². The molecule has 0 saturated heterocycles. The van der Waals surface area contributed by atoms with Crippen molar-refractivity contribution in [1.82, 2.24) is 20.5 Å². The van der Waals surface area contributed by atoms with E-state index in [2.05, 4.69) is 20.5 Å². The average molecular weight is 312 g/mol. The quantitative estimate of drug-likeness (QED) is 0.792. The van der Waals surface area contributed by atoms with Gasteiger partial charge in [-0.05, 0) is 26.2 Å². The second kappa shape index (κ2) is 5.06. The van der Waals surface area contributed by atoms with Gasteiger partial charge in [0.2, 0.25) is 0 Å². The highest BCUT2D eigenvalue weighted by molar-refractivity contribution is 7.11. The Hall–Kier alpha value is -1.60. The van der Waals surface area contributed by atoms with Crippen LogP contribution in [0.3, 0.4) is 0 Å². The molecule has 1 aliphatic rings. The number of nitrogens with two attached hydrogens (primary N) is 1. The number of nitrogens with one attached hydrogen (secondary N) is 2. The van der Waals surface area contributed by atoms with E-state index >= 15 is 0 Å². The van der Waals surface area contributed by atoms with E-state index in [0.29, 0.717) is 0 Å². The molecule has 0 saturated carbocycles. The van der Waals surface area contributed by atoms with Crippen LogP contribution in [0.4, 0.5) is 5.82 Å². The Morgan fingerprint density at radius 2 is 2.40 bits per heavy atom. The minimum absolute atomic E-state index is 0.0724. The minimum Gasteiger partial charge on any atom is -0.381 e. The summed E-state index contributed by atoms with van der Waals surface area (Å²) in [5.41, 5.74) is 6.71. The second-order valence-corrected chi connectivity index (χ2v) is 6.42. The molecule has 20 heavy (non-hydrogen) atoms. The van der Waals surface area contributed by atoms with Crippen LogP contribution in [0.15, 0.2) is 0 Å². The lowest BCUT2D eigenvalue weighted by Gasteiger charge is -2.22. The molecule has 8 heteroatoms. The molecule has 1 aliphatic carbocycles. The summed E-state index contributed by atoms with van der Waals surface area (Å²) in [7, 11) is 0. The second-order valence-electron chi connectivity index (χ2n) is 4.76. The largest absolute Gasteiger partial charge is 0.381 e. The van der Waals surface area contributed by atoms with Crippen molar-refractivity contribution in [1.29, 1.82) is 0 Å². The number of amides is 1. The van der Waals surface area contributed by atoms with Crippen molar-refractivity contribution >= 4 is 34.7 Å². The van der Waals surface area contributed by atoms with Crippen molar-refractivity contribution < 1.29 is 4.79 Å². The SMILES string of the molecule is Cc1nc2c(s1)CCCC2NC(=O)c1[nH]nc(N)c1Cl. The number of nitrogen functional groups attached to an aromatic ring is 1. The average Bonchev–Trinajstić information content (AvgIpc) is 2.94. The zero-order valence-corrected chi connectivity index (χ0v) is 12.4. The van der Waals surface area contributed by atoms with Crippen LogP contribution in [0, 0.1) is 6.92 Å². The summed E-state index contributed by atoms with van der Waals surface area (Å²) in [6, 6.07) is -0.0724. The number of anilines is 1. The molecule has 0 radical (unpaired) electrons. The summed E-state index contributed by atoms with van der Waals surface area (Å²) in [6.07, 6.45) is 2.95. The van der Waals surface area contributed by atoms with Crippen molar-refractivity contribution in [3.05, 3.63) is 26.3 Å². The molecule has 1 atom stereocenters. The first-order valence-electron chi connectivity index (χ1n) is 6.32. The van der Waals surface area contributed by atoms with Crippen LogP contribution in [0.2, 0.25) is 5.02 Å². The topological polar surface area (TPSA) is 96.7 Å². The zero-order chi connectivity index (χ0) is 14.3. The van der Waals surface area contributed by atoms with Crippen molar-refractivity contribution in [3.8, 4) is 0 Å². The molecule has 0 aromatic carbocycles. The first-order chi connectivity index (χ1) is 9.56. The van der Waals surface area contributed by atoms with E-state index in [0.717, 1.165) is 30.0 Å². The number of nitrogens with zero attached hydrogens (tertiary/aromatic N) is 2. The molecule has 4 N–H and O–H groups in total. The molecule has 1 unspecified atom stereocenters. The number of carbonyl (C=O) groups excluding carboxylic acids is 1. The summed E-state index contributed by atoms with van der Waals surface area (Å²) in [5.74, 6) is -0.173. The molecule has 0 bridgehead atoms. The maximum absolute atomic E-state index is 12.2. The molecule has 1 amide bonds. The van der Waals surface area contributed by atoms with E-state index in [4.69, 9.17) is 17.3 Å². The molecule has 0 spiro atoms. The third kappa shape index (κ3) is 2.27. The maximum atomic E-state index is 12.2. The number of fused-ring (bicyclic) bond motifs is 1. The predicted octanol–water partition coefficient (Wildman–Crippen LogP) is 2.22. The Kier molecular flexibility index (Phi) is 3.39. The van der Waals surface area contributed by atoms with Gasteiger partial charge in [-0.1, -0.05) is 11.6 Å². The lowest BCUT2D eigenvalue weighted by molar-refractivity contribution is 0.0927. The van der Waals surface area contributed by atoms with Crippen LogP contribution in [0.25, 0.3) is 0 Å². The van der Waals surface area contributed by atoms with Gasteiger partial charge in [0.25, 0.3) is 5.91 Å². The first-order valence-corrected chi connectivity index (χ1v) is 7.52. The third-order valence-electron chi connectivity index (χ3n) is 3.33. The van der Waals surface area contributed by atoms with Crippen LogP contribution in [0.5, 0.6) is 0 Å². The van der Waals surface area contributed by atoms with Crippen molar-refractivity contribution in [2.45, 2.75) is 32.2 Å². The summed E-state index contributed by atoms with van der Waals surface area (Å²) >= 11 is 7.63. The van der Waals surface area contributed by atoms with Gasteiger partial charge in [-0.3, -0.25) is 9.89 Å². The van der Waals surface area contributed by atoms with E-state index in [-0.39, 0.29) is 28.5 Å². The fourth-order valence-corrected chi connectivity index (χ4v) is 3.61. The molecule has 3 rings (SSSR count). The summed E-state index contributed by atoms with van der Waals surface area (Å²) in [6.45, 7) is 1.98. The van der Waals surface area contributed by atoms with Gasteiger partial charge >= 0.3 is 0 Å². The highest BCUT2D eigenvalue weighted by Gasteiger charge is 2.27. The van der Waals surface area contributed by atoms with Gasteiger partial charge < -0.3 is 11.1 Å². The number of halogens is 1. The van der Waals surface area contributed by atoms with Gasteiger partial charge in [0.05, 0.1) is 16.7 Å². The highest BCUT2D eigenvalue weighted by Crippen LogP contribution is 2.33. The van der Waals surface area contributed by atoms with E-state index in [9.17, 15) is 4.79 Å². The number of rotatable bonds is 2. The van der Waals surface area contributed by atoms with E-state index < -0.39 is 0 Å². The number of thiazole rings is 1. The molecule has 0 fully saturated rings. The fraction of sp³-hybridized carbons (Fsp3) is 0.417. The molecule has 2 aromatic rings. The summed E-state index contributed by atoms with van der Waals surface area (Å²) in [5, 5.41) is 10.4. The number of aromatic amines is 1. The monoisotopic (exact) mass is 311 g/mol. The Balaban J connectivity index is 1.82. The number of H-pyrrole nitrogens is 1. The van der Waals surface area contributed by atoms with Gasteiger partial charge in [-0.2, -0.15) is 5.10 Å². The maximum Gasteiger partial charge on any atom is 0.271 e. The van der Waals surface area contributed by atoms with Gasteiger partial charge in [0.1, 0.15) is 10.7 Å². The number of hydrogen-bond donors (Lipinski definition) is 3. The number of hydrogen-bond acceptors (Lipinski definition) is 5. The molecule has 106 valence electrons. The standard InChI is InChI=1S/C12H14ClN5OS/c1-5-15-9-6(3-2-4-7(9)20-5)16-12(19)10-8(13)11(14)18-17-10/h6H,2-4H2,1H3,(H,16,19)(H3,14,17,18). The molecular formula is C12H14ClN5OS. The number of carbonyl (C=O) groups is 1. The third-order valence-corrected chi connectivity index (χ3v) is 4.76. The lowest BCUT2D eigenvalue weighted by atomic mass is 9.97. The van der Waals surface area contributed by atoms with Crippen molar-refractivity contribution in [2.24, 2.45) is 0 Å². The molecule has 0 aliphatic heterocycles. The van der Waals surface area contributed by atoms with Crippen LogP contribution >= 0.6 is 22.9 Å². The highest BCUT2D eigenvalue weighted by atomic mass is 35.5. The first kappa shape index (κ1) is 13.4. The molecular weight excluding hydrogens is 298 g/mol. The van der Waals surface area contributed by atoms with Crippen LogP contribution in [-0.2, 0) is 6.42 Å². The van der Waals surface area contributed by atoms with Gasteiger partial charge in [0.15, 0.2) is 5.82 Å². The van der Waals surface area contributed by atoms with Crippen LogP contribution in [0.1, 0.15) is 45.0 Å². The van der Waals surface area contributed by atoms with E-state index in [1.54, 1.807) is 11.3 Å². The molecule has 2 aromatic heterocycles. The Morgan fingerprint density at radius 1 is 1.60 bits per heavy atom. The lowest BCUT2D eigenvalue weighted by Crippen LogP contribution is -2.31.